The molecule has 0 aliphatic heterocycles. The molecular formula is C14H11ClN4O. The van der Waals surface area contributed by atoms with Crippen molar-refractivity contribution in [2.45, 2.75) is 12.8 Å². The monoisotopic (exact) mass is 286 g/mol. The van der Waals surface area contributed by atoms with E-state index in [0.717, 1.165) is 28.4 Å². The highest BCUT2D eigenvalue weighted by Crippen LogP contribution is 2.23. The van der Waals surface area contributed by atoms with Gasteiger partial charge < -0.3 is 5.32 Å². The first-order chi connectivity index (χ1) is 9.78. The molecule has 5 nitrogen and oxygen atoms in total. The van der Waals surface area contributed by atoms with Crippen LogP contribution in [0.1, 0.15) is 12.8 Å². The number of nitrogens with one attached hydrogen (secondary N) is 1. The molecule has 2 heterocycles. The Kier molecular flexibility index (Phi) is 3.43. The fraction of sp³-hybridized carbons (Fsp3) is 0.143. The van der Waals surface area contributed by atoms with Crippen LogP contribution in [0.15, 0.2) is 35.6 Å². The van der Waals surface area contributed by atoms with Gasteiger partial charge in [0.25, 0.3) is 0 Å². The zero-order valence-corrected chi connectivity index (χ0v) is 11.3. The molecule has 0 spiro atoms. The molecule has 2 aromatic heterocycles. The Morgan fingerprint density at radius 2 is 2.20 bits per heavy atom. The summed E-state index contributed by atoms with van der Waals surface area (Å²) in [7, 11) is 0. The summed E-state index contributed by atoms with van der Waals surface area (Å²) in [4.78, 5) is 19.3. The second kappa shape index (κ2) is 5.38. The van der Waals surface area contributed by atoms with Gasteiger partial charge in [0.2, 0.25) is 0 Å². The normalized spacial score (nSPS) is 13.3. The Morgan fingerprint density at radius 3 is 3.05 bits per heavy atom. The quantitative estimate of drug-likeness (QED) is 0.881. The van der Waals surface area contributed by atoms with Gasteiger partial charge in [0.1, 0.15) is 5.82 Å². The van der Waals surface area contributed by atoms with Crippen LogP contribution in [-0.4, -0.2) is 9.97 Å². The third kappa shape index (κ3) is 2.40. The van der Waals surface area contributed by atoms with Crippen LogP contribution in [0.5, 0.6) is 0 Å². The molecule has 0 aromatic carbocycles. The smallest absolute Gasteiger partial charge is 0.161 e. The SMILES string of the molecule is O=Nc1cccnc1Nc1ccc2c(n1)=C(Cl)CCC=2. The number of anilines is 2. The predicted molar refractivity (Wildman–Crippen MR) is 79.4 cm³/mol. The standard InChI is InChI=1S/C14H11ClN4O/c15-10-4-1-3-9-6-7-12(17-13(9)10)18-14-11(19-20)5-2-8-16-14/h2-3,5-8H,1,4H2,(H,16,17,18). The largest absolute Gasteiger partial charge is 0.323 e. The van der Waals surface area contributed by atoms with Gasteiger partial charge in [0, 0.05) is 11.2 Å². The van der Waals surface area contributed by atoms with Crippen LogP contribution in [0.25, 0.3) is 11.1 Å². The summed E-state index contributed by atoms with van der Waals surface area (Å²) in [6.07, 6.45) is 5.43. The van der Waals surface area contributed by atoms with Crippen molar-refractivity contribution in [2.75, 3.05) is 5.32 Å². The van der Waals surface area contributed by atoms with E-state index in [0.29, 0.717) is 11.6 Å². The van der Waals surface area contributed by atoms with E-state index in [4.69, 9.17) is 11.6 Å². The van der Waals surface area contributed by atoms with Crippen LogP contribution < -0.4 is 15.9 Å². The van der Waals surface area contributed by atoms with E-state index in [1.54, 1.807) is 18.3 Å². The first-order valence-electron chi connectivity index (χ1n) is 6.19. The lowest BCUT2D eigenvalue weighted by Crippen LogP contribution is -2.32. The van der Waals surface area contributed by atoms with Crippen molar-refractivity contribution in [3.8, 4) is 0 Å². The number of fused-ring (bicyclic) bond motifs is 1. The fourth-order valence-corrected chi connectivity index (χ4v) is 2.34. The highest BCUT2D eigenvalue weighted by molar-refractivity contribution is 6.45. The molecule has 100 valence electrons. The summed E-state index contributed by atoms with van der Waals surface area (Å²) in [6.45, 7) is 0. The number of halogens is 1. The Hall–Kier alpha value is -2.27. The molecule has 0 bridgehead atoms. The minimum atomic E-state index is 0.244. The van der Waals surface area contributed by atoms with Crippen molar-refractivity contribution in [2.24, 2.45) is 5.18 Å². The van der Waals surface area contributed by atoms with Gasteiger partial charge in [0.15, 0.2) is 11.5 Å². The molecule has 0 amide bonds. The van der Waals surface area contributed by atoms with E-state index >= 15 is 0 Å². The van der Waals surface area contributed by atoms with Gasteiger partial charge in [-0.1, -0.05) is 17.7 Å². The number of aromatic nitrogens is 2. The van der Waals surface area contributed by atoms with E-state index in [2.05, 4.69) is 26.5 Å². The molecule has 0 fully saturated rings. The maximum absolute atomic E-state index is 10.7. The molecule has 2 aromatic rings. The number of rotatable bonds is 3. The molecule has 0 unspecified atom stereocenters. The van der Waals surface area contributed by atoms with Crippen molar-refractivity contribution in [3.63, 3.8) is 0 Å². The van der Waals surface area contributed by atoms with Gasteiger partial charge in [-0.15, -0.1) is 4.91 Å². The highest BCUT2D eigenvalue weighted by Gasteiger charge is 2.07. The minimum Gasteiger partial charge on any atom is -0.323 e. The highest BCUT2D eigenvalue weighted by atomic mass is 35.5. The van der Waals surface area contributed by atoms with E-state index in [-0.39, 0.29) is 5.69 Å². The topological polar surface area (TPSA) is 67.2 Å². The predicted octanol–water partition coefficient (Wildman–Crippen LogP) is 2.54. The van der Waals surface area contributed by atoms with Gasteiger partial charge in [-0.25, -0.2) is 9.97 Å². The summed E-state index contributed by atoms with van der Waals surface area (Å²) >= 11 is 6.20. The maximum atomic E-state index is 10.7. The number of nitroso groups, excluding NO2 is 1. The van der Waals surface area contributed by atoms with Crippen LogP contribution >= 0.6 is 11.6 Å². The molecule has 1 aliphatic rings. The molecule has 3 rings (SSSR count). The van der Waals surface area contributed by atoms with Crippen LogP contribution in [0, 0.1) is 4.91 Å². The van der Waals surface area contributed by atoms with Crippen molar-refractivity contribution in [3.05, 3.63) is 45.9 Å². The van der Waals surface area contributed by atoms with Crippen LogP contribution in [-0.2, 0) is 0 Å². The van der Waals surface area contributed by atoms with Gasteiger partial charge in [-0.2, -0.15) is 0 Å². The third-order valence-corrected chi connectivity index (χ3v) is 3.41. The zero-order valence-electron chi connectivity index (χ0n) is 10.5. The van der Waals surface area contributed by atoms with Gasteiger partial charge in [0.05, 0.1) is 5.35 Å². The Balaban J connectivity index is 2.03. The molecule has 0 atom stereocenters. The van der Waals surface area contributed by atoms with E-state index in [1.807, 2.05) is 12.1 Å². The first-order valence-corrected chi connectivity index (χ1v) is 6.57. The van der Waals surface area contributed by atoms with Crippen molar-refractivity contribution in [1.29, 1.82) is 0 Å². The molecule has 20 heavy (non-hydrogen) atoms. The average molecular weight is 287 g/mol. The molecule has 6 heteroatoms. The lowest BCUT2D eigenvalue weighted by atomic mass is 10.1. The summed E-state index contributed by atoms with van der Waals surface area (Å²) in [5.41, 5.74) is 0.244. The van der Waals surface area contributed by atoms with Gasteiger partial charge in [-0.3, -0.25) is 0 Å². The maximum Gasteiger partial charge on any atom is 0.161 e. The minimum absolute atomic E-state index is 0.244. The van der Waals surface area contributed by atoms with E-state index in [1.165, 1.54) is 0 Å². The number of pyridine rings is 2. The van der Waals surface area contributed by atoms with Crippen molar-refractivity contribution < 1.29 is 0 Å². The summed E-state index contributed by atoms with van der Waals surface area (Å²) in [5, 5.41) is 8.48. The van der Waals surface area contributed by atoms with Gasteiger partial charge in [-0.05, 0) is 47.5 Å². The first kappa shape index (κ1) is 12.7. The Morgan fingerprint density at radius 1 is 1.30 bits per heavy atom. The Bertz CT molecular complexity index is 788. The van der Waals surface area contributed by atoms with Crippen LogP contribution in [0.4, 0.5) is 17.3 Å². The number of hydrogen-bond acceptors (Lipinski definition) is 5. The molecule has 0 radical (unpaired) electrons. The average Bonchev–Trinajstić information content (AvgIpc) is 2.49. The summed E-state index contributed by atoms with van der Waals surface area (Å²) in [5.74, 6) is 0.965. The molecular weight excluding hydrogens is 276 g/mol. The number of hydrogen-bond donors (Lipinski definition) is 1. The van der Waals surface area contributed by atoms with E-state index < -0.39 is 0 Å². The molecule has 0 saturated heterocycles. The zero-order chi connectivity index (χ0) is 13.9. The molecule has 1 N–H and O–H groups in total. The Labute approximate surface area is 120 Å². The lowest BCUT2D eigenvalue weighted by Gasteiger charge is -2.08. The third-order valence-electron chi connectivity index (χ3n) is 3.04. The summed E-state index contributed by atoms with van der Waals surface area (Å²) in [6, 6.07) is 7.02. The molecule has 1 aliphatic carbocycles. The number of nitrogens with zero attached hydrogens (tertiary/aromatic N) is 3. The van der Waals surface area contributed by atoms with Crippen LogP contribution in [0.3, 0.4) is 0 Å². The fourth-order valence-electron chi connectivity index (χ4n) is 2.08. The second-order valence-electron chi connectivity index (χ2n) is 4.37. The molecule has 0 saturated carbocycles. The van der Waals surface area contributed by atoms with Crippen LogP contribution in [0.2, 0.25) is 0 Å². The second-order valence-corrected chi connectivity index (χ2v) is 4.83. The summed E-state index contributed by atoms with van der Waals surface area (Å²) < 4.78 is 0. The lowest BCUT2D eigenvalue weighted by molar-refractivity contribution is 1.06. The van der Waals surface area contributed by atoms with E-state index in [9.17, 15) is 4.91 Å². The van der Waals surface area contributed by atoms with Crippen molar-refractivity contribution in [1.82, 2.24) is 9.97 Å². The van der Waals surface area contributed by atoms with Crippen molar-refractivity contribution >= 4 is 40.0 Å². The van der Waals surface area contributed by atoms with Gasteiger partial charge >= 0.3 is 0 Å².